The second kappa shape index (κ2) is 6.61. The molecule has 0 atom stereocenters. The van der Waals surface area contributed by atoms with Crippen LogP contribution >= 0.6 is 11.3 Å². The van der Waals surface area contributed by atoms with Crippen molar-refractivity contribution in [2.24, 2.45) is 11.3 Å². The van der Waals surface area contributed by atoms with E-state index in [9.17, 15) is 4.79 Å². The molecule has 1 N–H and O–H groups in total. The van der Waals surface area contributed by atoms with Crippen molar-refractivity contribution < 1.29 is 4.79 Å². The van der Waals surface area contributed by atoms with Crippen molar-refractivity contribution in [3.8, 4) is 11.3 Å². The number of amides is 1. The van der Waals surface area contributed by atoms with Crippen LogP contribution in [0.5, 0.6) is 0 Å². The molecule has 1 aromatic carbocycles. The number of benzene rings is 1. The van der Waals surface area contributed by atoms with E-state index in [1.54, 1.807) is 0 Å². The second-order valence-corrected chi connectivity index (χ2v) is 7.90. The molecule has 2 rings (SSSR count). The van der Waals surface area contributed by atoms with Crippen LogP contribution in [0.2, 0.25) is 0 Å². The average molecular weight is 316 g/mol. The van der Waals surface area contributed by atoms with Gasteiger partial charge in [-0.2, -0.15) is 0 Å². The zero-order valence-corrected chi connectivity index (χ0v) is 14.8. The Hall–Kier alpha value is -1.68. The number of aromatic nitrogens is 1. The van der Waals surface area contributed by atoms with Gasteiger partial charge in [-0.3, -0.25) is 4.79 Å². The summed E-state index contributed by atoms with van der Waals surface area (Å²) < 4.78 is 0. The Labute approximate surface area is 136 Å². The van der Waals surface area contributed by atoms with E-state index in [0.717, 1.165) is 17.7 Å². The molecule has 0 saturated heterocycles. The fourth-order valence-electron chi connectivity index (χ4n) is 2.03. The summed E-state index contributed by atoms with van der Waals surface area (Å²) in [7, 11) is 0. The Kier molecular flexibility index (Phi) is 5.01. The van der Waals surface area contributed by atoms with Crippen LogP contribution in [0.4, 0.5) is 5.13 Å². The molecule has 2 aromatic rings. The largest absolute Gasteiger partial charge is 0.302 e. The summed E-state index contributed by atoms with van der Waals surface area (Å²) in [6, 6.07) is 8.51. The standard InChI is InChI=1S/C18H24N2OS/c1-12(2)10-13-6-8-14(9-7-13)15-11-22-17(19-15)20-16(21)18(3,4)5/h6-9,11-12H,10H2,1-5H3,(H,19,20,21). The minimum absolute atomic E-state index is 0.0133. The number of hydrogen-bond donors (Lipinski definition) is 1. The molecule has 0 aliphatic heterocycles. The van der Waals surface area contributed by atoms with Crippen molar-refractivity contribution in [1.29, 1.82) is 0 Å². The van der Waals surface area contributed by atoms with Crippen LogP contribution in [0.3, 0.4) is 0 Å². The Bertz CT molecular complexity index is 636. The molecule has 4 heteroatoms. The van der Waals surface area contributed by atoms with E-state index in [4.69, 9.17) is 0 Å². The van der Waals surface area contributed by atoms with Gasteiger partial charge in [-0.25, -0.2) is 4.98 Å². The van der Waals surface area contributed by atoms with Gasteiger partial charge in [-0.05, 0) is 17.9 Å². The molecule has 0 saturated carbocycles. The Morgan fingerprint density at radius 2 is 1.86 bits per heavy atom. The van der Waals surface area contributed by atoms with Gasteiger partial charge in [0.05, 0.1) is 5.69 Å². The number of thiazole rings is 1. The van der Waals surface area contributed by atoms with Crippen LogP contribution in [0.25, 0.3) is 11.3 Å². The van der Waals surface area contributed by atoms with Crippen molar-refractivity contribution in [2.75, 3.05) is 5.32 Å². The SMILES string of the molecule is CC(C)Cc1ccc(-c2csc(NC(=O)C(C)(C)C)n2)cc1. The first kappa shape index (κ1) is 16.7. The van der Waals surface area contributed by atoms with Crippen LogP contribution in [0.15, 0.2) is 29.6 Å². The van der Waals surface area contributed by atoms with E-state index < -0.39 is 5.41 Å². The maximum absolute atomic E-state index is 12.0. The molecule has 0 aliphatic carbocycles. The van der Waals surface area contributed by atoms with Gasteiger partial charge in [0.25, 0.3) is 0 Å². The lowest BCUT2D eigenvalue weighted by molar-refractivity contribution is -0.123. The number of nitrogens with zero attached hydrogens (tertiary/aromatic N) is 1. The number of anilines is 1. The Morgan fingerprint density at radius 1 is 1.23 bits per heavy atom. The highest BCUT2D eigenvalue weighted by molar-refractivity contribution is 7.14. The second-order valence-electron chi connectivity index (χ2n) is 7.04. The van der Waals surface area contributed by atoms with E-state index >= 15 is 0 Å². The quantitative estimate of drug-likeness (QED) is 0.863. The Balaban J connectivity index is 2.09. The normalized spacial score (nSPS) is 11.7. The van der Waals surface area contributed by atoms with E-state index in [0.29, 0.717) is 11.0 Å². The number of rotatable bonds is 4. The minimum Gasteiger partial charge on any atom is -0.302 e. The summed E-state index contributed by atoms with van der Waals surface area (Å²) in [6.07, 6.45) is 1.09. The van der Waals surface area contributed by atoms with Gasteiger partial charge in [-0.1, -0.05) is 58.9 Å². The predicted molar refractivity (Wildman–Crippen MR) is 94.2 cm³/mol. The summed E-state index contributed by atoms with van der Waals surface area (Å²) in [4.78, 5) is 16.5. The molecule has 0 radical (unpaired) electrons. The first-order valence-electron chi connectivity index (χ1n) is 7.62. The van der Waals surface area contributed by atoms with E-state index in [2.05, 4.69) is 48.4 Å². The molecule has 0 spiro atoms. The predicted octanol–water partition coefficient (Wildman–Crippen LogP) is 4.99. The molecule has 118 valence electrons. The smallest absolute Gasteiger partial charge is 0.231 e. The summed E-state index contributed by atoms with van der Waals surface area (Å²) in [6.45, 7) is 10.1. The molecule has 3 nitrogen and oxygen atoms in total. The number of hydrogen-bond acceptors (Lipinski definition) is 3. The highest BCUT2D eigenvalue weighted by atomic mass is 32.1. The van der Waals surface area contributed by atoms with E-state index in [1.165, 1.54) is 16.9 Å². The van der Waals surface area contributed by atoms with Gasteiger partial charge < -0.3 is 5.32 Å². The van der Waals surface area contributed by atoms with Gasteiger partial charge >= 0.3 is 0 Å². The maximum atomic E-state index is 12.0. The Morgan fingerprint density at radius 3 is 2.41 bits per heavy atom. The van der Waals surface area contributed by atoms with Gasteiger partial charge in [0.2, 0.25) is 5.91 Å². The first-order chi connectivity index (χ1) is 10.3. The third kappa shape index (κ3) is 4.41. The molecule has 1 heterocycles. The monoisotopic (exact) mass is 316 g/mol. The van der Waals surface area contributed by atoms with Gasteiger partial charge in [0, 0.05) is 16.4 Å². The van der Waals surface area contributed by atoms with Crippen LogP contribution in [-0.2, 0) is 11.2 Å². The lowest BCUT2D eigenvalue weighted by Crippen LogP contribution is -2.27. The fourth-order valence-corrected chi connectivity index (χ4v) is 2.75. The number of carbonyl (C=O) groups is 1. The lowest BCUT2D eigenvalue weighted by atomic mass is 9.96. The summed E-state index contributed by atoms with van der Waals surface area (Å²) in [5.41, 5.74) is 2.92. The van der Waals surface area contributed by atoms with Gasteiger partial charge in [-0.15, -0.1) is 11.3 Å². The average Bonchev–Trinajstić information content (AvgIpc) is 2.86. The van der Waals surface area contributed by atoms with Gasteiger partial charge in [0.1, 0.15) is 0 Å². The van der Waals surface area contributed by atoms with Crippen molar-refractivity contribution >= 4 is 22.4 Å². The molecule has 0 bridgehead atoms. The highest BCUT2D eigenvalue weighted by Gasteiger charge is 2.22. The molecular weight excluding hydrogens is 292 g/mol. The topological polar surface area (TPSA) is 42.0 Å². The molecular formula is C18H24N2OS. The van der Waals surface area contributed by atoms with E-state index in [-0.39, 0.29) is 5.91 Å². The molecule has 0 unspecified atom stereocenters. The van der Waals surface area contributed by atoms with Crippen molar-refractivity contribution in [2.45, 2.75) is 41.0 Å². The number of carbonyl (C=O) groups excluding carboxylic acids is 1. The van der Waals surface area contributed by atoms with Crippen LogP contribution < -0.4 is 5.32 Å². The van der Waals surface area contributed by atoms with Crippen LogP contribution in [0, 0.1) is 11.3 Å². The summed E-state index contributed by atoms with van der Waals surface area (Å²) in [5, 5.41) is 5.51. The van der Waals surface area contributed by atoms with E-state index in [1.807, 2.05) is 26.2 Å². The molecule has 0 fully saturated rings. The molecule has 0 aliphatic rings. The number of nitrogens with one attached hydrogen (secondary N) is 1. The molecule has 1 amide bonds. The highest BCUT2D eigenvalue weighted by Crippen LogP contribution is 2.27. The van der Waals surface area contributed by atoms with Crippen molar-refractivity contribution in [1.82, 2.24) is 4.98 Å². The zero-order valence-electron chi connectivity index (χ0n) is 13.9. The zero-order chi connectivity index (χ0) is 16.3. The minimum atomic E-state index is -0.412. The summed E-state index contributed by atoms with van der Waals surface area (Å²) >= 11 is 1.46. The maximum Gasteiger partial charge on any atom is 0.231 e. The third-order valence-corrected chi connectivity index (χ3v) is 4.06. The van der Waals surface area contributed by atoms with Crippen molar-refractivity contribution in [3.63, 3.8) is 0 Å². The lowest BCUT2D eigenvalue weighted by Gasteiger charge is -2.15. The van der Waals surface area contributed by atoms with Crippen molar-refractivity contribution in [3.05, 3.63) is 35.2 Å². The molecule has 1 aromatic heterocycles. The fraction of sp³-hybridized carbons (Fsp3) is 0.444. The first-order valence-corrected chi connectivity index (χ1v) is 8.50. The van der Waals surface area contributed by atoms with Gasteiger partial charge in [0.15, 0.2) is 5.13 Å². The van der Waals surface area contributed by atoms with Crippen LogP contribution in [0.1, 0.15) is 40.2 Å². The summed E-state index contributed by atoms with van der Waals surface area (Å²) in [5.74, 6) is 0.644. The third-order valence-electron chi connectivity index (χ3n) is 3.30. The molecule has 22 heavy (non-hydrogen) atoms. The van der Waals surface area contributed by atoms with Crippen LogP contribution in [-0.4, -0.2) is 10.9 Å².